The SMILES string of the molecule is Cn1cc(NC(=O)Cn2ccc(N)n2)c(C(N)=O)n1. The second-order valence-corrected chi connectivity index (χ2v) is 3.92. The molecule has 0 spiro atoms. The molecule has 0 bridgehead atoms. The number of rotatable bonds is 4. The summed E-state index contributed by atoms with van der Waals surface area (Å²) in [5.74, 6) is -0.746. The highest BCUT2D eigenvalue weighted by Gasteiger charge is 2.15. The number of hydrogen-bond donors (Lipinski definition) is 3. The summed E-state index contributed by atoms with van der Waals surface area (Å²) in [6, 6.07) is 1.58. The molecule has 9 nitrogen and oxygen atoms in total. The highest BCUT2D eigenvalue weighted by atomic mass is 16.2. The van der Waals surface area contributed by atoms with Crippen molar-refractivity contribution in [2.75, 3.05) is 11.1 Å². The molecule has 0 saturated carbocycles. The minimum Gasteiger partial charge on any atom is -0.382 e. The van der Waals surface area contributed by atoms with Gasteiger partial charge in [0.25, 0.3) is 5.91 Å². The molecule has 0 aliphatic rings. The first-order valence-corrected chi connectivity index (χ1v) is 5.38. The van der Waals surface area contributed by atoms with Crippen LogP contribution in [-0.2, 0) is 18.4 Å². The second kappa shape index (κ2) is 4.80. The van der Waals surface area contributed by atoms with E-state index < -0.39 is 5.91 Å². The molecule has 19 heavy (non-hydrogen) atoms. The van der Waals surface area contributed by atoms with E-state index in [0.717, 1.165) is 0 Å². The average Bonchev–Trinajstić information content (AvgIpc) is 2.85. The first-order chi connectivity index (χ1) is 8.95. The second-order valence-electron chi connectivity index (χ2n) is 3.92. The van der Waals surface area contributed by atoms with Gasteiger partial charge in [-0.1, -0.05) is 0 Å². The molecular formula is C10H13N7O2. The van der Waals surface area contributed by atoms with Crippen molar-refractivity contribution in [2.45, 2.75) is 6.54 Å². The maximum absolute atomic E-state index is 11.8. The summed E-state index contributed by atoms with van der Waals surface area (Å²) in [5, 5.41) is 10.3. The minimum atomic E-state index is -0.709. The van der Waals surface area contributed by atoms with Gasteiger partial charge in [0.2, 0.25) is 5.91 Å². The van der Waals surface area contributed by atoms with E-state index in [9.17, 15) is 9.59 Å². The van der Waals surface area contributed by atoms with Gasteiger partial charge in [0.05, 0.1) is 5.69 Å². The summed E-state index contributed by atoms with van der Waals surface area (Å²) in [6.07, 6.45) is 3.07. The van der Waals surface area contributed by atoms with E-state index in [1.165, 1.54) is 15.6 Å². The van der Waals surface area contributed by atoms with Crippen molar-refractivity contribution in [3.8, 4) is 0 Å². The fourth-order valence-electron chi connectivity index (χ4n) is 1.56. The number of aryl methyl sites for hydroxylation is 1. The number of amides is 2. The zero-order chi connectivity index (χ0) is 14.0. The van der Waals surface area contributed by atoms with Crippen molar-refractivity contribution >= 4 is 23.3 Å². The van der Waals surface area contributed by atoms with Gasteiger partial charge in [0, 0.05) is 19.4 Å². The van der Waals surface area contributed by atoms with E-state index in [1.807, 2.05) is 0 Å². The predicted molar refractivity (Wildman–Crippen MR) is 67.0 cm³/mol. The number of primary amides is 1. The molecule has 0 radical (unpaired) electrons. The highest BCUT2D eigenvalue weighted by Crippen LogP contribution is 2.12. The van der Waals surface area contributed by atoms with Gasteiger partial charge in [-0.2, -0.15) is 10.2 Å². The largest absolute Gasteiger partial charge is 0.382 e. The van der Waals surface area contributed by atoms with E-state index in [1.54, 1.807) is 19.3 Å². The molecule has 0 unspecified atom stereocenters. The zero-order valence-corrected chi connectivity index (χ0v) is 10.2. The number of carbonyl (C=O) groups is 2. The third-order valence-electron chi connectivity index (χ3n) is 2.30. The number of nitrogens with two attached hydrogens (primary N) is 2. The fraction of sp³-hybridized carbons (Fsp3) is 0.200. The van der Waals surface area contributed by atoms with Gasteiger partial charge in [-0.05, 0) is 6.07 Å². The van der Waals surface area contributed by atoms with Crippen LogP contribution in [0.2, 0.25) is 0 Å². The molecule has 2 rings (SSSR count). The number of aromatic nitrogens is 4. The van der Waals surface area contributed by atoms with Crippen molar-refractivity contribution in [1.29, 1.82) is 0 Å². The number of nitrogens with one attached hydrogen (secondary N) is 1. The molecule has 2 aromatic rings. The van der Waals surface area contributed by atoms with E-state index in [4.69, 9.17) is 11.5 Å². The fourth-order valence-corrected chi connectivity index (χ4v) is 1.56. The van der Waals surface area contributed by atoms with Crippen LogP contribution in [0.15, 0.2) is 18.5 Å². The number of hydrogen-bond acceptors (Lipinski definition) is 5. The summed E-state index contributed by atoms with van der Waals surface area (Å²) in [5.41, 5.74) is 10.9. The topological polar surface area (TPSA) is 134 Å². The predicted octanol–water partition coefficient (Wildman–Crippen LogP) is -1.06. The number of anilines is 2. The summed E-state index contributed by atoms with van der Waals surface area (Å²) in [7, 11) is 1.62. The molecule has 2 aromatic heterocycles. The lowest BCUT2D eigenvalue weighted by atomic mass is 10.3. The minimum absolute atomic E-state index is 0.0100. The third kappa shape index (κ3) is 2.89. The first-order valence-electron chi connectivity index (χ1n) is 5.38. The Kier molecular flexibility index (Phi) is 3.19. The van der Waals surface area contributed by atoms with Gasteiger partial charge >= 0.3 is 0 Å². The Hall–Kier alpha value is -2.84. The number of nitrogens with zero attached hydrogens (tertiary/aromatic N) is 4. The summed E-state index contributed by atoms with van der Waals surface area (Å²) in [4.78, 5) is 22.9. The lowest BCUT2D eigenvalue weighted by Crippen LogP contribution is -2.21. The Bertz CT molecular complexity index is 628. The molecule has 100 valence electrons. The lowest BCUT2D eigenvalue weighted by Gasteiger charge is -2.03. The van der Waals surface area contributed by atoms with Crippen LogP contribution in [0.1, 0.15) is 10.5 Å². The van der Waals surface area contributed by atoms with E-state index in [2.05, 4.69) is 15.5 Å². The van der Waals surface area contributed by atoms with Crippen LogP contribution in [0.25, 0.3) is 0 Å². The summed E-state index contributed by atoms with van der Waals surface area (Å²) < 4.78 is 2.77. The maximum atomic E-state index is 11.8. The molecule has 0 fully saturated rings. The lowest BCUT2D eigenvalue weighted by molar-refractivity contribution is -0.116. The molecule has 0 aliphatic heterocycles. The molecule has 0 saturated heterocycles. The molecule has 2 heterocycles. The van der Waals surface area contributed by atoms with Crippen LogP contribution in [0.5, 0.6) is 0 Å². The van der Waals surface area contributed by atoms with Gasteiger partial charge in [0.15, 0.2) is 5.69 Å². The van der Waals surface area contributed by atoms with Crippen LogP contribution in [0.4, 0.5) is 11.5 Å². The van der Waals surface area contributed by atoms with Crippen molar-refractivity contribution in [2.24, 2.45) is 12.8 Å². The normalized spacial score (nSPS) is 10.4. The van der Waals surface area contributed by atoms with Crippen molar-refractivity contribution in [3.05, 3.63) is 24.2 Å². The van der Waals surface area contributed by atoms with Gasteiger partial charge in [0.1, 0.15) is 12.4 Å². The van der Waals surface area contributed by atoms with Gasteiger partial charge in [-0.15, -0.1) is 0 Å². The van der Waals surface area contributed by atoms with Gasteiger partial charge < -0.3 is 16.8 Å². The quantitative estimate of drug-likeness (QED) is 0.646. The zero-order valence-electron chi connectivity index (χ0n) is 10.2. The Morgan fingerprint density at radius 2 is 2.16 bits per heavy atom. The van der Waals surface area contributed by atoms with Crippen LogP contribution in [0.3, 0.4) is 0 Å². The van der Waals surface area contributed by atoms with Gasteiger partial charge in [-0.25, -0.2) is 0 Å². The van der Waals surface area contributed by atoms with Gasteiger partial charge in [-0.3, -0.25) is 19.0 Å². The van der Waals surface area contributed by atoms with Crippen LogP contribution >= 0.6 is 0 Å². The first kappa shape index (κ1) is 12.6. The standard InChI is InChI=1S/C10H13N7O2/c1-16-4-6(9(15-16)10(12)19)13-8(18)5-17-3-2-7(11)14-17/h2-4H,5H2,1H3,(H2,11,14)(H2,12,19)(H,13,18). The van der Waals surface area contributed by atoms with Crippen molar-refractivity contribution < 1.29 is 9.59 Å². The molecule has 2 amide bonds. The molecule has 0 atom stereocenters. The van der Waals surface area contributed by atoms with Crippen molar-refractivity contribution in [3.63, 3.8) is 0 Å². The number of carbonyl (C=O) groups excluding carboxylic acids is 2. The van der Waals surface area contributed by atoms with Crippen LogP contribution < -0.4 is 16.8 Å². The highest BCUT2D eigenvalue weighted by molar-refractivity contribution is 6.01. The third-order valence-corrected chi connectivity index (χ3v) is 2.30. The van der Waals surface area contributed by atoms with Crippen molar-refractivity contribution in [1.82, 2.24) is 19.6 Å². The van der Waals surface area contributed by atoms with E-state index in [0.29, 0.717) is 5.82 Å². The van der Waals surface area contributed by atoms with E-state index in [-0.39, 0.29) is 23.8 Å². The molecule has 0 aliphatic carbocycles. The Balaban J connectivity index is 2.08. The molecule has 0 aromatic carbocycles. The monoisotopic (exact) mass is 263 g/mol. The molecular weight excluding hydrogens is 250 g/mol. The Labute approximate surface area is 108 Å². The Morgan fingerprint density at radius 3 is 2.74 bits per heavy atom. The van der Waals surface area contributed by atoms with Crippen LogP contribution in [0, 0.1) is 0 Å². The summed E-state index contributed by atoms with van der Waals surface area (Å²) >= 11 is 0. The Morgan fingerprint density at radius 1 is 1.42 bits per heavy atom. The van der Waals surface area contributed by atoms with E-state index >= 15 is 0 Å². The molecule has 9 heteroatoms. The smallest absolute Gasteiger partial charge is 0.271 e. The van der Waals surface area contributed by atoms with Crippen LogP contribution in [-0.4, -0.2) is 31.4 Å². The average molecular weight is 263 g/mol. The summed E-state index contributed by atoms with van der Waals surface area (Å²) in [6.45, 7) is -0.0235. The maximum Gasteiger partial charge on any atom is 0.271 e. The molecule has 5 N–H and O–H groups in total. The number of nitrogen functional groups attached to an aromatic ring is 1.